The molecule has 4 aromatic rings. The molecule has 0 fully saturated rings. The highest BCUT2D eigenvalue weighted by molar-refractivity contribution is 8.01. The molecule has 36 heavy (non-hydrogen) atoms. The Bertz CT molecular complexity index is 1110. The molecule has 0 unspecified atom stereocenters. The van der Waals surface area contributed by atoms with Crippen molar-refractivity contribution in [3.05, 3.63) is 72.8 Å². The van der Waals surface area contributed by atoms with Gasteiger partial charge >= 0.3 is 0 Å². The summed E-state index contributed by atoms with van der Waals surface area (Å²) < 4.78 is 22.5. The van der Waals surface area contributed by atoms with Crippen LogP contribution in [0.15, 0.2) is 112 Å². The van der Waals surface area contributed by atoms with Crippen molar-refractivity contribution in [2.45, 2.75) is 39.2 Å². The summed E-state index contributed by atoms with van der Waals surface area (Å²) in [5.74, 6) is 3.28. The number of rotatable bonds is 4. The van der Waals surface area contributed by atoms with Crippen LogP contribution in [0.3, 0.4) is 0 Å². The molecule has 1 aliphatic rings. The molecule has 1 aliphatic heterocycles. The Morgan fingerprint density at radius 1 is 0.306 bits per heavy atom. The molecule has 0 saturated carbocycles. The van der Waals surface area contributed by atoms with E-state index in [4.69, 9.17) is 18.9 Å². The van der Waals surface area contributed by atoms with Gasteiger partial charge in [-0.15, -0.1) is 0 Å². The molecule has 0 atom stereocenters. The summed E-state index contributed by atoms with van der Waals surface area (Å²) in [7, 11) is 6.80. The van der Waals surface area contributed by atoms with Gasteiger partial charge in [-0.2, -0.15) is 0 Å². The van der Waals surface area contributed by atoms with E-state index in [1.165, 1.54) is 0 Å². The zero-order valence-electron chi connectivity index (χ0n) is 20.2. The van der Waals surface area contributed by atoms with Crippen LogP contribution in [0.4, 0.5) is 0 Å². The van der Waals surface area contributed by atoms with Gasteiger partial charge < -0.3 is 18.9 Å². The Labute approximate surface area is 228 Å². The maximum absolute atomic E-state index is 5.63. The van der Waals surface area contributed by atoms with Crippen LogP contribution in [0.25, 0.3) is 0 Å². The van der Waals surface area contributed by atoms with Gasteiger partial charge in [0, 0.05) is 39.2 Å². The van der Waals surface area contributed by atoms with Crippen LogP contribution < -0.4 is 18.9 Å². The van der Waals surface area contributed by atoms with Crippen molar-refractivity contribution < 1.29 is 18.9 Å². The first-order valence-electron chi connectivity index (χ1n) is 11.0. The largest absolute Gasteiger partial charge is 0.497 e. The molecule has 0 aliphatic carbocycles. The van der Waals surface area contributed by atoms with E-state index in [2.05, 4.69) is 72.8 Å². The van der Waals surface area contributed by atoms with Gasteiger partial charge in [-0.05, 0) is 72.8 Å². The maximum Gasteiger partial charge on any atom is 0.121 e. The smallest absolute Gasteiger partial charge is 0.121 e. The van der Waals surface area contributed by atoms with E-state index in [0.717, 1.165) is 62.2 Å². The van der Waals surface area contributed by atoms with Crippen molar-refractivity contribution >= 4 is 47.0 Å². The average molecular weight is 553 g/mol. The van der Waals surface area contributed by atoms with Crippen molar-refractivity contribution in [1.82, 2.24) is 0 Å². The van der Waals surface area contributed by atoms with Crippen LogP contribution >= 0.6 is 47.0 Å². The lowest BCUT2D eigenvalue weighted by atomic mass is 10.3. The Kier molecular flexibility index (Phi) is 7.86. The van der Waals surface area contributed by atoms with E-state index in [1.54, 1.807) is 75.5 Å². The standard InChI is InChI=1S/C28H24O4S4/c1-29-17-5-21-13-22(6-17)34-24-8-19(31-3)10-26(15-24)36-28-12-20(32-4)11-27(16-28)35-25-9-18(30-2)7-23(14-25)33-21/h5-16H,1-4H3. The van der Waals surface area contributed by atoms with Gasteiger partial charge in [-0.25, -0.2) is 0 Å². The third kappa shape index (κ3) is 6.06. The van der Waals surface area contributed by atoms with Crippen molar-refractivity contribution in [3.63, 3.8) is 0 Å². The second-order valence-electron chi connectivity index (χ2n) is 7.79. The fourth-order valence-corrected chi connectivity index (χ4v) is 7.94. The highest BCUT2D eigenvalue weighted by Crippen LogP contribution is 2.44. The predicted octanol–water partition coefficient (Wildman–Crippen LogP) is 8.64. The summed E-state index contributed by atoms with van der Waals surface area (Å²) in [6.45, 7) is 0. The number of hydrogen-bond acceptors (Lipinski definition) is 8. The van der Waals surface area contributed by atoms with E-state index in [-0.39, 0.29) is 0 Å². The molecule has 4 aromatic carbocycles. The van der Waals surface area contributed by atoms with Gasteiger partial charge in [0.05, 0.1) is 28.4 Å². The number of hydrogen-bond donors (Lipinski definition) is 0. The predicted molar refractivity (Wildman–Crippen MR) is 148 cm³/mol. The summed E-state index contributed by atoms with van der Waals surface area (Å²) in [5, 5.41) is 0. The average Bonchev–Trinajstić information content (AvgIpc) is 2.87. The minimum absolute atomic E-state index is 0.820. The molecular formula is C28H24O4S4. The molecule has 184 valence electrons. The van der Waals surface area contributed by atoms with Gasteiger partial charge in [0.25, 0.3) is 0 Å². The molecule has 1 heterocycles. The third-order valence-electron chi connectivity index (χ3n) is 5.30. The van der Waals surface area contributed by atoms with Crippen molar-refractivity contribution in [2.24, 2.45) is 0 Å². The second kappa shape index (κ2) is 11.3. The lowest BCUT2D eigenvalue weighted by molar-refractivity contribution is 0.412. The topological polar surface area (TPSA) is 36.9 Å². The van der Waals surface area contributed by atoms with Crippen LogP contribution in [0.1, 0.15) is 0 Å². The van der Waals surface area contributed by atoms with Gasteiger partial charge in [-0.1, -0.05) is 47.0 Å². The van der Waals surface area contributed by atoms with Crippen molar-refractivity contribution in [2.75, 3.05) is 28.4 Å². The molecule has 0 radical (unpaired) electrons. The Morgan fingerprint density at radius 3 is 0.611 bits per heavy atom. The normalized spacial score (nSPS) is 12.6. The van der Waals surface area contributed by atoms with E-state index < -0.39 is 0 Å². The molecule has 0 saturated heterocycles. The quantitative estimate of drug-likeness (QED) is 0.219. The third-order valence-corrected chi connectivity index (χ3v) is 9.07. The zero-order valence-corrected chi connectivity index (χ0v) is 23.5. The summed E-state index contributed by atoms with van der Waals surface area (Å²) in [5.41, 5.74) is 0. The lowest BCUT2D eigenvalue weighted by Gasteiger charge is -2.14. The number of fused-ring (bicyclic) bond motifs is 8. The fraction of sp³-hybridized carbons (Fsp3) is 0.143. The minimum atomic E-state index is 0.820. The molecule has 8 heteroatoms. The summed E-state index contributed by atoms with van der Waals surface area (Å²) in [6, 6.07) is 25.2. The molecule has 5 rings (SSSR count). The highest BCUT2D eigenvalue weighted by Gasteiger charge is 2.13. The second-order valence-corrected chi connectivity index (χ2v) is 12.4. The Hall–Kier alpha value is -2.52. The van der Waals surface area contributed by atoms with Gasteiger partial charge in [0.2, 0.25) is 0 Å². The lowest BCUT2D eigenvalue weighted by Crippen LogP contribution is -1.89. The van der Waals surface area contributed by atoms with Gasteiger partial charge in [0.1, 0.15) is 23.0 Å². The van der Waals surface area contributed by atoms with Crippen LogP contribution in [-0.2, 0) is 0 Å². The SMILES string of the molecule is COc1cc2cc(c1)Sc1cc(OC)cc(c1)Sc1cc(OC)cc(c1)Sc1cc(OC)cc(c1)S2. The molecule has 0 spiro atoms. The Balaban J connectivity index is 1.68. The number of ether oxygens (including phenoxy) is 4. The van der Waals surface area contributed by atoms with Crippen molar-refractivity contribution in [3.8, 4) is 23.0 Å². The van der Waals surface area contributed by atoms with Crippen LogP contribution in [-0.4, -0.2) is 28.4 Å². The number of methoxy groups -OCH3 is 4. The van der Waals surface area contributed by atoms with Crippen molar-refractivity contribution in [1.29, 1.82) is 0 Å². The van der Waals surface area contributed by atoms with E-state index >= 15 is 0 Å². The molecule has 4 nitrogen and oxygen atoms in total. The van der Waals surface area contributed by atoms with E-state index in [9.17, 15) is 0 Å². The first kappa shape index (κ1) is 25.1. The fourth-order valence-electron chi connectivity index (χ4n) is 3.67. The minimum Gasteiger partial charge on any atom is -0.497 e. The maximum atomic E-state index is 5.63. The van der Waals surface area contributed by atoms with Crippen LogP contribution in [0.5, 0.6) is 23.0 Å². The Morgan fingerprint density at radius 2 is 0.472 bits per heavy atom. The van der Waals surface area contributed by atoms with Gasteiger partial charge in [0.15, 0.2) is 0 Å². The highest BCUT2D eigenvalue weighted by atomic mass is 32.2. The first-order valence-corrected chi connectivity index (χ1v) is 14.3. The van der Waals surface area contributed by atoms with E-state index in [0.29, 0.717) is 0 Å². The van der Waals surface area contributed by atoms with E-state index in [1.807, 2.05) is 0 Å². The molecule has 0 amide bonds. The number of benzene rings is 4. The summed E-state index contributed by atoms with van der Waals surface area (Å²) >= 11 is 6.74. The monoisotopic (exact) mass is 552 g/mol. The molecular weight excluding hydrogens is 529 g/mol. The first-order chi connectivity index (χ1) is 17.5. The summed E-state index contributed by atoms with van der Waals surface area (Å²) in [4.78, 5) is 8.74. The zero-order chi connectivity index (χ0) is 25.1. The molecule has 0 N–H and O–H groups in total. The molecule has 0 aromatic heterocycles. The summed E-state index contributed by atoms with van der Waals surface area (Å²) in [6.07, 6.45) is 0. The van der Waals surface area contributed by atoms with Crippen LogP contribution in [0, 0.1) is 0 Å². The van der Waals surface area contributed by atoms with Crippen LogP contribution in [0.2, 0.25) is 0 Å². The van der Waals surface area contributed by atoms with Gasteiger partial charge in [-0.3, -0.25) is 0 Å². The molecule has 8 bridgehead atoms.